The minimum absolute atomic E-state index is 0.0854. The highest BCUT2D eigenvalue weighted by molar-refractivity contribution is 7.89. The SMILES string of the molecule is CN[S@+]([O-])c1cccc(NC(=O)c2c(Oc3ccc(F)nc3C)nnc(-c3ccc4c(c3)OCCO4)c2C)c1. The molecule has 39 heavy (non-hydrogen) atoms. The first kappa shape index (κ1) is 26.4. The number of hydrogen-bond acceptors (Lipinski definition) is 9. The number of amides is 1. The molecular formula is C27H24FN5O5S. The monoisotopic (exact) mass is 549 g/mol. The Kier molecular flexibility index (Phi) is 7.59. The summed E-state index contributed by atoms with van der Waals surface area (Å²) in [6.45, 7) is 4.19. The van der Waals surface area contributed by atoms with Crippen molar-refractivity contribution in [2.45, 2.75) is 18.7 Å². The van der Waals surface area contributed by atoms with Crippen molar-refractivity contribution in [3.63, 3.8) is 0 Å². The third kappa shape index (κ3) is 5.62. The van der Waals surface area contributed by atoms with Gasteiger partial charge in [0.05, 0.1) is 22.7 Å². The number of nitrogens with one attached hydrogen (secondary N) is 2. The predicted octanol–water partition coefficient (Wildman–Crippen LogP) is 4.35. The van der Waals surface area contributed by atoms with Crippen molar-refractivity contribution in [3.05, 3.63) is 77.4 Å². The summed E-state index contributed by atoms with van der Waals surface area (Å²) in [5.74, 6) is 0.125. The second-order valence-electron chi connectivity index (χ2n) is 8.49. The van der Waals surface area contributed by atoms with Crippen LogP contribution in [0.2, 0.25) is 0 Å². The van der Waals surface area contributed by atoms with Gasteiger partial charge in [0.15, 0.2) is 22.1 Å². The summed E-state index contributed by atoms with van der Waals surface area (Å²) in [5.41, 5.74) is 2.39. The lowest BCUT2D eigenvalue weighted by Gasteiger charge is -2.19. The third-order valence-corrected chi connectivity index (χ3v) is 6.98. The number of benzene rings is 2. The van der Waals surface area contributed by atoms with E-state index in [0.29, 0.717) is 52.1 Å². The second-order valence-corrected chi connectivity index (χ2v) is 9.90. The molecule has 0 aliphatic carbocycles. The molecule has 0 bridgehead atoms. The van der Waals surface area contributed by atoms with Crippen LogP contribution in [0.3, 0.4) is 0 Å². The number of carbonyl (C=O) groups excluding carboxylic acids is 1. The van der Waals surface area contributed by atoms with Gasteiger partial charge in [0.2, 0.25) is 5.95 Å². The van der Waals surface area contributed by atoms with Crippen molar-refractivity contribution in [1.82, 2.24) is 19.9 Å². The van der Waals surface area contributed by atoms with Crippen LogP contribution in [0, 0.1) is 19.8 Å². The number of hydrogen-bond donors (Lipinski definition) is 2. The smallest absolute Gasteiger partial charge is 0.261 e. The fourth-order valence-corrected chi connectivity index (χ4v) is 4.71. The fraction of sp³-hybridized carbons (Fsp3) is 0.185. The molecule has 200 valence electrons. The molecule has 3 heterocycles. The van der Waals surface area contributed by atoms with Gasteiger partial charge in [-0.15, -0.1) is 14.9 Å². The molecule has 1 aliphatic rings. The molecule has 0 unspecified atom stereocenters. The summed E-state index contributed by atoms with van der Waals surface area (Å²) in [4.78, 5) is 17.9. The van der Waals surface area contributed by atoms with Crippen LogP contribution in [0.25, 0.3) is 11.3 Å². The van der Waals surface area contributed by atoms with Crippen molar-refractivity contribution in [1.29, 1.82) is 0 Å². The highest BCUT2D eigenvalue weighted by Crippen LogP contribution is 2.37. The molecule has 12 heteroatoms. The lowest BCUT2D eigenvalue weighted by atomic mass is 10.0. The number of fused-ring (bicyclic) bond motifs is 1. The van der Waals surface area contributed by atoms with E-state index in [0.717, 1.165) is 6.07 Å². The first-order valence-corrected chi connectivity index (χ1v) is 13.1. The molecule has 2 aromatic heterocycles. The van der Waals surface area contributed by atoms with Crippen molar-refractivity contribution in [3.8, 4) is 34.4 Å². The molecule has 10 nitrogen and oxygen atoms in total. The van der Waals surface area contributed by atoms with Crippen molar-refractivity contribution in [2.24, 2.45) is 0 Å². The molecule has 4 aromatic rings. The zero-order valence-corrected chi connectivity index (χ0v) is 22.1. The third-order valence-electron chi connectivity index (χ3n) is 5.93. The summed E-state index contributed by atoms with van der Waals surface area (Å²) in [5, 5.41) is 11.4. The van der Waals surface area contributed by atoms with Gasteiger partial charge in [0, 0.05) is 24.4 Å². The van der Waals surface area contributed by atoms with E-state index in [1.54, 1.807) is 63.4 Å². The van der Waals surface area contributed by atoms with Gasteiger partial charge in [-0.05, 0) is 61.9 Å². The van der Waals surface area contributed by atoms with Crippen molar-refractivity contribution in [2.75, 3.05) is 25.6 Å². The van der Waals surface area contributed by atoms with E-state index in [9.17, 15) is 13.7 Å². The Hall–Kier alpha value is -4.26. The van der Waals surface area contributed by atoms with Gasteiger partial charge < -0.3 is 24.1 Å². The van der Waals surface area contributed by atoms with Crippen molar-refractivity contribution < 1.29 is 27.9 Å². The average molecular weight is 550 g/mol. The fourth-order valence-electron chi connectivity index (χ4n) is 4.03. The van der Waals surface area contributed by atoms with Crippen LogP contribution in [0.15, 0.2) is 59.5 Å². The Bertz CT molecular complexity index is 1550. The molecule has 2 N–H and O–H groups in total. The lowest BCUT2D eigenvalue weighted by Crippen LogP contribution is -2.20. The molecule has 0 saturated heterocycles. The minimum atomic E-state index is -1.44. The number of ether oxygens (including phenoxy) is 3. The van der Waals surface area contributed by atoms with E-state index in [2.05, 4.69) is 25.2 Å². The van der Waals surface area contributed by atoms with E-state index in [-0.39, 0.29) is 22.9 Å². The van der Waals surface area contributed by atoms with Gasteiger partial charge in [0.25, 0.3) is 11.8 Å². The summed E-state index contributed by atoms with van der Waals surface area (Å²) < 4.78 is 45.7. The highest BCUT2D eigenvalue weighted by Gasteiger charge is 2.25. The van der Waals surface area contributed by atoms with Crippen LogP contribution in [-0.4, -0.2) is 45.9 Å². The molecule has 1 atom stereocenters. The number of halogens is 1. The quantitative estimate of drug-likeness (QED) is 0.255. The van der Waals surface area contributed by atoms with Gasteiger partial charge in [-0.25, -0.2) is 4.98 Å². The normalized spacial score (nSPS) is 13.1. The van der Waals surface area contributed by atoms with Crippen LogP contribution in [0.1, 0.15) is 21.6 Å². The minimum Gasteiger partial charge on any atom is -0.593 e. The Labute approximate surface area is 226 Å². The maximum Gasteiger partial charge on any atom is 0.261 e. The number of carbonyl (C=O) groups is 1. The Balaban J connectivity index is 1.56. The topological polar surface area (TPSA) is 131 Å². The maximum atomic E-state index is 13.7. The van der Waals surface area contributed by atoms with Gasteiger partial charge in [-0.2, -0.15) is 4.39 Å². The molecule has 2 aromatic carbocycles. The van der Waals surface area contributed by atoms with Crippen LogP contribution in [0.4, 0.5) is 10.1 Å². The Morgan fingerprint density at radius 3 is 2.62 bits per heavy atom. The van der Waals surface area contributed by atoms with Crippen LogP contribution in [-0.2, 0) is 11.4 Å². The molecule has 1 aliphatic heterocycles. The van der Waals surface area contributed by atoms with E-state index in [4.69, 9.17) is 14.2 Å². The first-order chi connectivity index (χ1) is 18.8. The zero-order valence-electron chi connectivity index (χ0n) is 21.3. The Morgan fingerprint density at radius 2 is 1.85 bits per heavy atom. The van der Waals surface area contributed by atoms with Crippen LogP contribution < -0.4 is 24.2 Å². The van der Waals surface area contributed by atoms with E-state index < -0.39 is 23.2 Å². The lowest BCUT2D eigenvalue weighted by molar-refractivity contribution is 0.102. The number of aryl methyl sites for hydroxylation is 1. The van der Waals surface area contributed by atoms with E-state index >= 15 is 0 Å². The predicted molar refractivity (Wildman–Crippen MR) is 142 cm³/mol. The molecular weight excluding hydrogens is 525 g/mol. The molecule has 5 rings (SSSR count). The average Bonchev–Trinajstić information content (AvgIpc) is 2.94. The summed E-state index contributed by atoms with van der Waals surface area (Å²) in [6, 6.07) is 14.6. The van der Waals surface area contributed by atoms with Gasteiger partial charge >= 0.3 is 0 Å². The molecule has 0 saturated carbocycles. The van der Waals surface area contributed by atoms with E-state index in [1.807, 2.05) is 0 Å². The van der Waals surface area contributed by atoms with Gasteiger partial charge in [-0.1, -0.05) is 6.07 Å². The summed E-state index contributed by atoms with van der Waals surface area (Å²) >= 11 is -1.44. The summed E-state index contributed by atoms with van der Waals surface area (Å²) in [7, 11) is 1.57. The van der Waals surface area contributed by atoms with Crippen molar-refractivity contribution >= 4 is 23.0 Å². The highest BCUT2D eigenvalue weighted by atomic mass is 32.2. The number of nitrogens with zero attached hydrogens (tertiary/aromatic N) is 3. The maximum absolute atomic E-state index is 13.7. The molecule has 0 radical (unpaired) electrons. The molecule has 0 spiro atoms. The standard InChI is InChI=1S/C27H24FN5O5S/c1-15-24(26(34)31-18-5-4-6-19(14-18)39(35)29-3)27(38-20-9-10-23(28)30-16(20)2)33-32-25(15)17-7-8-21-22(13-17)37-12-11-36-21/h4-10,13-14,29H,11-12H2,1-3H3,(H,31,34)/t39-/m1/s1. The number of aromatic nitrogens is 3. The zero-order chi connectivity index (χ0) is 27.5. The van der Waals surface area contributed by atoms with E-state index in [1.165, 1.54) is 6.07 Å². The number of anilines is 1. The number of pyridine rings is 1. The largest absolute Gasteiger partial charge is 0.593 e. The second kappa shape index (κ2) is 11.2. The summed E-state index contributed by atoms with van der Waals surface area (Å²) in [6.07, 6.45) is 0. The molecule has 1 amide bonds. The van der Waals surface area contributed by atoms with Gasteiger partial charge in [0.1, 0.15) is 18.8 Å². The number of rotatable bonds is 7. The Morgan fingerprint density at radius 1 is 1.05 bits per heavy atom. The first-order valence-electron chi connectivity index (χ1n) is 11.9. The van der Waals surface area contributed by atoms with Gasteiger partial charge in [-0.3, -0.25) is 4.79 Å². The molecule has 0 fully saturated rings. The van der Waals surface area contributed by atoms with Crippen LogP contribution >= 0.6 is 0 Å². The van der Waals surface area contributed by atoms with Crippen LogP contribution in [0.5, 0.6) is 23.1 Å².